The molecule has 0 radical (unpaired) electrons. The summed E-state index contributed by atoms with van der Waals surface area (Å²) in [6.07, 6.45) is -4.21. The molecular formula is C14H16F4N2O3. The maximum atomic E-state index is 13.1. The van der Waals surface area contributed by atoms with Crippen LogP contribution in [0, 0.1) is 5.82 Å². The number of hydrogen-bond donors (Lipinski definition) is 3. The Morgan fingerprint density at radius 2 is 1.91 bits per heavy atom. The van der Waals surface area contributed by atoms with Gasteiger partial charge < -0.3 is 15.7 Å². The molecule has 0 spiro atoms. The molecule has 1 aromatic carbocycles. The first-order valence-corrected chi connectivity index (χ1v) is 6.78. The van der Waals surface area contributed by atoms with Gasteiger partial charge in [0.25, 0.3) is 0 Å². The summed E-state index contributed by atoms with van der Waals surface area (Å²) in [6, 6.07) is 1.45. The van der Waals surface area contributed by atoms with Crippen LogP contribution in [0.2, 0.25) is 0 Å². The second kappa shape index (κ2) is 7.91. The minimum atomic E-state index is -4.92. The van der Waals surface area contributed by atoms with E-state index < -0.39 is 35.4 Å². The van der Waals surface area contributed by atoms with E-state index >= 15 is 0 Å². The van der Waals surface area contributed by atoms with Gasteiger partial charge in [0.1, 0.15) is 5.82 Å². The zero-order chi connectivity index (χ0) is 17.6. The van der Waals surface area contributed by atoms with Crippen LogP contribution in [0.4, 0.5) is 23.2 Å². The van der Waals surface area contributed by atoms with Crippen molar-refractivity contribution < 1.29 is 32.3 Å². The predicted molar refractivity (Wildman–Crippen MR) is 74.0 cm³/mol. The number of alkyl halides is 3. The standard InChI is InChI=1S/C14H16F4N2O3/c1-2-8(5-6-21)19-12(22)13(23)20-9-3-4-11(15)10(7-9)14(16,17)18/h3-4,7-8,21H,2,5-6H2,1H3,(H,19,22)(H,20,23). The number of carbonyl (C=O) groups excluding carboxylic acids is 2. The normalized spacial score (nSPS) is 12.6. The average molecular weight is 336 g/mol. The largest absolute Gasteiger partial charge is 0.419 e. The van der Waals surface area contributed by atoms with Gasteiger partial charge in [0.2, 0.25) is 0 Å². The van der Waals surface area contributed by atoms with Gasteiger partial charge in [-0.15, -0.1) is 0 Å². The predicted octanol–water partition coefficient (Wildman–Crippen LogP) is 2.06. The molecule has 2 amide bonds. The lowest BCUT2D eigenvalue weighted by Crippen LogP contribution is -2.42. The first-order valence-electron chi connectivity index (χ1n) is 6.78. The number of aliphatic hydroxyl groups is 1. The van der Waals surface area contributed by atoms with Gasteiger partial charge in [-0.05, 0) is 31.0 Å². The monoisotopic (exact) mass is 336 g/mol. The van der Waals surface area contributed by atoms with E-state index in [2.05, 4.69) is 5.32 Å². The molecule has 0 aliphatic carbocycles. The highest BCUT2D eigenvalue weighted by molar-refractivity contribution is 6.39. The minimum absolute atomic E-state index is 0.187. The number of rotatable bonds is 5. The van der Waals surface area contributed by atoms with Crippen LogP contribution >= 0.6 is 0 Å². The summed E-state index contributed by atoms with van der Waals surface area (Å²) in [5, 5.41) is 13.1. The van der Waals surface area contributed by atoms with E-state index in [9.17, 15) is 27.2 Å². The van der Waals surface area contributed by atoms with Crippen molar-refractivity contribution in [3.63, 3.8) is 0 Å². The number of halogens is 4. The third kappa shape index (κ3) is 5.51. The van der Waals surface area contributed by atoms with Crippen molar-refractivity contribution >= 4 is 17.5 Å². The van der Waals surface area contributed by atoms with Crippen molar-refractivity contribution in [1.29, 1.82) is 0 Å². The molecule has 0 aliphatic heterocycles. The number of benzene rings is 1. The molecule has 9 heteroatoms. The fourth-order valence-corrected chi connectivity index (χ4v) is 1.79. The molecule has 1 atom stereocenters. The minimum Gasteiger partial charge on any atom is -0.396 e. The van der Waals surface area contributed by atoms with Gasteiger partial charge in [0.05, 0.1) is 5.56 Å². The van der Waals surface area contributed by atoms with Gasteiger partial charge in [-0.25, -0.2) is 4.39 Å². The number of amides is 2. The van der Waals surface area contributed by atoms with E-state index in [0.29, 0.717) is 18.6 Å². The molecule has 3 N–H and O–H groups in total. The van der Waals surface area contributed by atoms with Crippen LogP contribution in [-0.2, 0) is 15.8 Å². The van der Waals surface area contributed by atoms with E-state index in [0.717, 1.165) is 6.07 Å². The van der Waals surface area contributed by atoms with Gasteiger partial charge in [-0.1, -0.05) is 6.92 Å². The molecule has 5 nitrogen and oxygen atoms in total. The summed E-state index contributed by atoms with van der Waals surface area (Å²) in [7, 11) is 0. The van der Waals surface area contributed by atoms with Gasteiger partial charge >= 0.3 is 18.0 Å². The maximum absolute atomic E-state index is 13.1. The molecular weight excluding hydrogens is 320 g/mol. The highest BCUT2D eigenvalue weighted by Crippen LogP contribution is 2.32. The number of anilines is 1. The summed E-state index contributed by atoms with van der Waals surface area (Å²) in [4.78, 5) is 23.3. The van der Waals surface area contributed by atoms with E-state index in [4.69, 9.17) is 5.11 Å². The van der Waals surface area contributed by atoms with E-state index in [1.807, 2.05) is 5.32 Å². The van der Waals surface area contributed by atoms with Crippen LogP contribution in [0.5, 0.6) is 0 Å². The van der Waals surface area contributed by atoms with Crippen molar-refractivity contribution in [2.75, 3.05) is 11.9 Å². The second-order valence-electron chi connectivity index (χ2n) is 4.74. The third-order valence-corrected chi connectivity index (χ3v) is 3.04. The van der Waals surface area contributed by atoms with Gasteiger partial charge in [-0.3, -0.25) is 9.59 Å². The van der Waals surface area contributed by atoms with Crippen molar-refractivity contribution in [2.45, 2.75) is 32.0 Å². The van der Waals surface area contributed by atoms with Crippen LogP contribution in [0.15, 0.2) is 18.2 Å². The summed E-state index contributed by atoms with van der Waals surface area (Å²) < 4.78 is 50.8. The average Bonchev–Trinajstić information content (AvgIpc) is 2.47. The molecule has 1 aromatic rings. The van der Waals surface area contributed by atoms with Gasteiger partial charge in [0, 0.05) is 18.3 Å². The Labute approximate surface area is 129 Å². The van der Waals surface area contributed by atoms with Crippen LogP contribution in [0.1, 0.15) is 25.3 Å². The smallest absolute Gasteiger partial charge is 0.396 e. The molecule has 0 saturated heterocycles. The van der Waals surface area contributed by atoms with Crippen molar-refractivity contribution in [2.24, 2.45) is 0 Å². The first-order chi connectivity index (χ1) is 10.7. The first kappa shape index (κ1) is 18.9. The molecule has 0 heterocycles. The molecule has 1 rings (SSSR count). The van der Waals surface area contributed by atoms with E-state index in [1.165, 1.54) is 0 Å². The molecule has 0 bridgehead atoms. The molecule has 1 unspecified atom stereocenters. The van der Waals surface area contributed by atoms with Gasteiger partial charge in [0.15, 0.2) is 0 Å². The van der Waals surface area contributed by atoms with E-state index in [1.54, 1.807) is 6.92 Å². The highest BCUT2D eigenvalue weighted by atomic mass is 19.4. The van der Waals surface area contributed by atoms with Crippen molar-refractivity contribution in [3.8, 4) is 0 Å². The lowest BCUT2D eigenvalue weighted by atomic mass is 10.1. The number of nitrogens with one attached hydrogen (secondary N) is 2. The zero-order valence-corrected chi connectivity index (χ0v) is 12.2. The fourth-order valence-electron chi connectivity index (χ4n) is 1.79. The number of aliphatic hydroxyl groups excluding tert-OH is 1. The number of carbonyl (C=O) groups is 2. The Hall–Kier alpha value is -2.16. The molecule has 128 valence electrons. The number of hydrogen-bond acceptors (Lipinski definition) is 3. The SMILES string of the molecule is CCC(CCO)NC(=O)C(=O)Nc1ccc(F)c(C(F)(F)F)c1. The molecule has 0 fully saturated rings. The third-order valence-electron chi connectivity index (χ3n) is 3.04. The lowest BCUT2D eigenvalue weighted by molar-refractivity contribution is -0.140. The molecule has 0 aliphatic rings. The molecule has 0 aromatic heterocycles. The maximum Gasteiger partial charge on any atom is 0.419 e. The summed E-state index contributed by atoms with van der Waals surface area (Å²) in [5.41, 5.74) is -1.89. The van der Waals surface area contributed by atoms with Crippen LogP contribution in [0.3, 0.4) is 0 Å². The Morgan fingerprint density at radius 3 is 2.43 bits per heavy atom. The Morgan fingerprint density at radius 1 is 1.26 bits per heavy atom. The van der Waals surface area contributed by atoms with Crippen LogP contribution in [-0.4, -0.2) is 29.6 Å². The summed E-state index contributed by atoms with van der Waals surface area (Å²) >= 11 is 0. The fraction of sp³-hybridized carbons (Fsp3) is 0.429. The Kier molecular flexibility index (Phi) is 6.49. The quantitative estimate of drug-likeness (QED) is 0.569. The zero-order valence-electron chi connectivity index (χ0n) is 12.2. The van der Waals surface area contributed by atoms with Crippen molar-refractivity contribution in [1.82, 2.24) is 5.32 Å². The van der Waals surface area contributed by atoms with E-state index in [-0.39, 0.29) is 18.7 Å². The Bertz CT molecular complexity index is 576. The highest BCUT2D eigenvalue weighted by Gasteiger charge is 2.34. The lowest BCUT2D eigenvalue weighted by Gasteiger charge is -2.15. The molecule has 0 saturated carbocycles. The second-order valence-corrected chi connectivity index (χ2v) is 4.74. The summed E-state index contributed by atoms with van der Waals surface area (Å²) in [5.74, 6) is -3.71. The van der Waals surface area contributed by atoms with Gasteiger partial charge in [-0.2, -0.15) is 13.2 Å². The van der Waals surface area contributed by atoms with Crippen LogP contribution < -0.4 is 10.6 Å². The summed E-state index contributed by atoms with van der Waals surface area (Å²) in [6.45, 7) is 1.54. The Balaban J connectivity index is 2.79. The topological polar surface area (TPSA) is 78.4 Å². The molecule has 23 heavy (non-hydrogen) atoms. The van der Waals surface area contributed by atoms with Crippen molar-refractivity contribution in [3.05, 3.63) is 29.6 Å². The van der Waals surface area contributed by atoms with Crippen LogP contribution in [0.25, 0.3) is 0 Å².